The molecule has 1 aliphatic heterocycles. The molecule has 31 heavy (non-hydrogen) atoms. The number of benzene rings is 2. The molecule has 0 aromatic heterocycles. The molecule has 0 aliphatic carbocycles. The van der Waals surface area contributed by atoms with E-state index >= 15 is 0 Å². The molecule has 1 amide bonds. The fourth-order valence-corrected chi connectivity index (χ4v) is 4.48. The van der Waals surface area contributed by atoms with Crippen molar-refractivity contribution in [1.29, 1.82) is 0 Å². The molecule has 1 N–H and O–H groups in total. The minimum Gasteiger partial charge on any atom is -0.493 e. The third-order valence-electron chi connectivity index (χ3n) is 5.91. The molecule has 0 fully saturated rings. The Kier molecular flexibility index (Phi) is 6.88. The summed E-state index contributed by atoms with van der Waals surface area (Å²) in [5, 5.41) is 4.15. The lowest BCUT2D eigenvalue weighted by atomic mass is 9.79. The van der Waals surface area contributed by atoms with Crippen molar-refractivity contribution in [2.24, 2.45) is 5.10 Å². The maximum Gasteiger partial charge on any atom is 0.277 e. The molecule has 3 rings (SSSR count). The van der Waals surface area contributed by atoms with Crippen LogP contribution in [-0.2, 0) is 4.79 Å². The maximum atomic E-state index is 12.1. The summed E-state index contributed by atoms with van der Waals surface area (Å²) in [7, 11) is 1.56. The van der Waals surface area contributed by atoms with Crippen molar-refractivity contribution in [2.45, 2.75) is 52.5 Å². The van der Waals surface area contributed by atoms with Gasteiger partial charge in [0.2, 0.25) is 0 Å². The first-order valence-electron chi connectivity index (χ1n) is 10.8. The second-order valence-corrected chi connectivity index (χ2v) is 8.66. The van der Waals surface area contributed by atoms with Gasteiger partial charge in [-0.05, 0) is 81.0 Å². The Morgan fingerprint density at radius 1 is 1.29 bits per heavy atom. The van der Waals surface area contributed by atoms with Gasteiger partial charge < -0.3 is 14.4 Å². The summed E-state index contributed by atoms with van der Waals surface area (Å²) in [6, 6.07) is 11.7. The first-order chi connectivity index (χ1) is 14.8. The number of methoxy groups -OCH3 is 1. The zero-order valence-electron chi connectivity index (χ0n) is 19.4. The molecular weight excluding hydrogens is 390 g/mol. The molecule has 0 bridgehead atoms. The van der Waals surface area contributed by atoms with Crippen molar-refractivity contribution >= 4 is 17.8 Å². The number of hydrazone groups is 1. The van der Waals surface area contributed by atoms with Gasteiger partial charge in [0.15, 0.2) is 18.1 Å². The fraction of sp³-hybridized carbons (Fsp3) is 0.440. The van der Waals surface area contributed by atoms with E-state index in [1.165, 1.54) is 11.3 Å². The number of para-hydroxylation sites is 2. The molecule has 0 saturated heterocycles. The number of rotatable bonds is 7. The number of carbonyl (C=O) groups excluding carboxylic acids is 1. The first-order valence-corrected chi connectivity index (χ1v) is 10.8. The number of hydrogen-bond acceptors (Lipinski definition) is 5. The Balaban J connectivity index is 1.67. The highest BCUT2D eigenvalue weighted by atomic mass is 16.5. The molecule has 166 valence electrons. The minimum atomic E-state index is -0.329. The van der Waals surface area contributed by atoms with Gasteiger partial charge in [-0.1, -0.05) is 19.1 Å². The van der Waals surface area contributed by atoms with E-state index in [-0.39, 0.29) is 18.1 Å². The monoisotopic (exact) mass is 423 g/mol. The summed E-state index contributed by atoms with van der Waals surface area (Å²) >= 11 is 0. The van der Waals surface area contributed by atoms with Gasteiger partial charge in [-0.15, -0.1) is 0 Å². The number of aryl methyl sites for hydroxylation is 1. The van der Waals surface area contributed by atoms with E-state index in [1.807, 2.05) is 12.1 Å². The number of nitrogens with one attached hydrogen (secondary N) is 1. The predicted octanol–water partition coefficient (Wildman–Crippen LogP) is 4.64. The second-order valence-electron chi connectivity index (χ2n) is 8.66. The van der Waals surface area contributed by atoms with Crippen LogP contribution in [-0.4, -0.2) is 37.9 Å². The number of nitrogens with zero attached hydrogens (tertiary/aromatic N) is 2. The van der Waals surface area contributed by atoms with E-state index < -0.39 is 0 Å². The minimum absolute atomic E-state index is 0.138. The van der Waals surface area contributed by atoms with Crippen LogP contribution in [0.1, 0.15) is 56.7 Å². The lowest BCUT2D eigenvalue weighted by Gasteiger charge is -2.47. The van der Waals surface area contributed by atoms with E-state index in [0.717, 1.165) is 24.1 Å². The lowest BCUT2D eigenvalue weighted by molar-refractivity contribution is -0.123. The molecule has 1 atom stereocenters. The van der Waals surface area contributed by atoms with Gasteiger partial charge in [-0.3, -0.25) is 4.79 Å². The van der Waals surface area contributed by atoms with Crippen molar-refractivity contribution in [3.05, 3.63) is 53.1 Å². The summed E-state index contributed by atoms with van der Waals surface area (Å²) in [6.07, 6.45) is 2.81. The average molecular weight is 424 g/mol. The molecule has 0 saturated carbocycles. The van der Waals surface area contributed by atoms with Crippen LogP contribution in [0.5, 0.6) is 11.5 Å². The normalized spacial score (nSPS) is 17.4. The third-order valence-corrected chi connectivity index (χ3v) is 5.91. The van der Waals surface area contributed by atoms with E-state index in [4.69, 9.17) is 9.47 Å². The molecule has 2 aromatic rings. The van der Waals surface area contributed by atoms with Gasteiger partial charge in [0, 0.05) is 17.8 Å². The number of carbonyl (C=O) groups is 1. The van der Waals surface area contributed by atoms with E-state index in [9.17, 15) is 4.79 Å². The third kappa shape index (κ3) is 5.01. The van der Waals surface area contributed by atoms with Crippen LogP contribution in [0.15, 0.2) is 41.5 Å². The average Bonchev–Trinajstić information content (AvgIpc) is 2.73. The van der Waals surface area contributed by atoms with Crippen LogP contribution < -0.4 is 19.8 Å². The molecular formula is C25H33N3O3. The number of anilines is 1. The molecule has 6 heteroatoms. The highest BCUT2D eigenvalue weighted by Gasteiger charge is 2.35. The van der Waals surface area contributed by atoms with Crippen LogP contribution >= 0.6 is 0 Å². The van der Waals surface area contributed by atoms with Crippen LogP contribution in [0.25, 0.3) is 0 Å². The zero-order chi connectivity index (χ0) is 22.6. The standard InChI is InChI=1S/C25H33N3O3/c1-7-28-21-12-17(2)19(13-20(21)18(3)14-25(28,4)5)15-26-27-24(29)16-31-23-11-9-8-10-22(23)30-6/h8-13,15,18H,7,14,16H2,1-6H3,(H,27,29)/b26-15+/t18-/m0/s1. The SMILES string of the molecule is CCN1c2cc(C)c(/C=N/NC(=O)COc3ccccc3OC)cc2[C@@H](C)CC1(C)C. The molecule has 2 aromatic carbocycles. The van der Waals surface area contributed by atoms with Gasteiger partial charge in [-0.25, -0.2) is 5.43 Å². The van der Waals surface area contributed by atoms with Crippen LogP contribution in [0.4, 0.5) is 5.69 Å². The molecule has 0 spiro atoms. The maximum absolute atomic E-state index is 12.1. The molecule has 0 unspecified atom stereocenters. The van der Waals surface area contributed by atoms with Crippen molar-refractivity contribution in [3.8, 4) is 11.5 Å². The second kappa shape index (κ2) is 9.41. The van der Waals surface area contributed by atoms with Crippen LogP contribution in [0.3, 0.4) is 0 Å². The quantitative estimate of drug-likeness (QED) is 0.520. The van der Waals surface area contributed by atoms with Crippen molar-refractivity contribution in [2.75, 3.05) is 25.2 Å². The number of ether oxygens (including phenoxy) is 2. The molecule has 1 heterocycles. The summed E-state index contributed by atoms with van der Waals surface area (Å²) in [4.78, 5) is 14.6. The molecule has 6 nitrogen and oxygen atoms in total. The predicted molar refractivity (Wildman–Crippen MR) is 126 cm³/mol. The highest BCUT2D eigenvalue weighted by Crippen LogP contribution is 2.44. The van der Waals surface area contributed by atoms with Crippen molar-refractivity contribution < 1.29 is 14.3 Å². The smallest absolute Gasteiger partial charge is 0.277 e. The summed E-state index contributed by atoms with van der Waals surface area (Å²) in [6.45, 7) is 12.0. The Labute approximate surface area is 185 Å². The number of amides is 1. The lowest BCUT2D eigenvalue weighted by Crippen LogP contribution is -2.48. The molecule has 1 aliphatic rings. The Bertz CT molecular complexity index is 968. The van der Waals surface area contributed by atoms with Crippen LogP contribution in [0.2, 0.25) is 0 Å². The fourth-order valence-electron chi connectivity index (χ4n) is 4.48. The van der Waals surface area contributed by atoms with Crippen molar-refractivity contribution in [1.82, 2.24) is 5.43 Å². The summed E-state index contributed by atoms with van der Waals surface area (Å²) in [5.74, 6) is 1.24. The van der Waals surface area contributed by atoms with Gasteiger partial charge in [0.1, 0.15) is 0 Å². The zero-order valence-corrected chi connectivity index (χ0v) is 19.4. The van der Waals surface area contributed by atoms with E-state index in [0.29, 0.717) is 17.4 Å². The Morgan fingerprint density at radius 3 is 2.68 bits per heavy atom. The van der Waals surface area contributed by atoms with Crippen LogP contribution in [0, 0.1) is 6.92 Å². The Hall–Kier alpha value is -3.02. The molecule has 0 radical (unpaired) electrons. The summed E-state index contributed by atoms with van der Waals surface area (Å²) < 4.78 is 10.8. The number of hydrogen-bond donors (Lipinski definition) is 1. The summed E-state index contributed by atoms with van der Waals surface area (Å²) in [5.41, 5.74) is 7.45. The van der Waals surface area contributed by atoms with Gasteiger partial charge in [-0.2, -0.15) is 5.10 Å². The Morgan fingerprint density at radius 2 is 2.00 bits per heavy atom. The topological polar surface area (TPSA) is 63.2 Å². The van der Waals surface area contributed by atoms with Crippen molar-refractivity contribution in [3.63, 3.8) is 0 Å². The van der Waals surface area contributed by atoms with E-state index in [2.05, 4.69) is 62.2 Å². The van der Waals surface area contributed by atoms with Gasteiger partial charge in [0.25, 0.3) is 5.91 Å². The number of fused-ring (bicyclic) bond motifs is 1. The van der Waals surface area contributed by atoms with Gasteiger partial charge >= 0.3 is 0 Å². The first kappa shape index (κ1) is 22.7. The highest BCUT2D eigenvalue weighted by molar-refractivity contribution is 5.86. The largest absolute Gasteiger partial charge is 0.493 e. The van der Waals surface area contributed by atoms with E-state index in [1.54, 1.807) is 25.5 Å². The van der Waals surface area contributed by atoms with Gasteiger partial charge in [0.05, 0.1) is 13.3 Å².